The van der Waals surface area contributed by atoms with Gasteiger partial charge in [0.2, 0.25) is 0 Å². The zero-order chi connectivity index (χ0) is 57.7. The van der Waals surface area contributed by atoms with Crippen molar-refractivity contribution < 1.29 is 42.1 Å². The van der Waals surface area contributed by atoms with Gasteiger partial charge >= 0.3 is 19.8 Å². The molecule has 0 aliphatic heterocycles. The zero-order valence-electron chi connectivity index (χ0n) is 53.7. The van der Waals surface area contributed by atoms with Gasteiger partial charge in [-0.3, -0.25) is 18.6 Å². The molecule has 0 amide bonds. The Labute approximate surface area is 492 Å². The molecule has 0 rings (SSSR count). The van der Waals surface area contributed by atoms with Gasteiger partial charge in [-0.2, -0.15) is 0 Å². The number of likely N-dealkylation sites (N-methyl/N-ethyl adjacent to an activating group) is 1. The third-order valence-corrected chi connectivity index (χ3v) is 17.0. The quantitative estimate of drug-likeness (QED) is 0.0211. The third-order valence-electron chi connectivity index (χ3n) is 16.0. The summed E-state index contributed by atoms with van der Waals surface area (Å²) in [5.74, 6) is -0.774. The summed E-state index contributed by atoms with van der Waals surface area (Å²) in [5.41, 5.74) is 0. The van der Waals surface area contributed by atoms with Gasteiger partial charge in [-0.1, -0.05) is 328 Å². The molecule has 0 aromatic heterocycles. The molecule has 0 aliphatic carbocycles. The second-order valence-corrected chi connectivity index (χ2v) is 26.7. The van der Waals surface area contributed by atoms with Crippen LogP contribution < -0.4 is 0 Å². The van der Waals surface area contributed by atoms with Crippen LogP contribution in [0.1, 0.15) is 367 Å². The Hall–Kier alpha value is -1.25. The predicted octanol–water partition coefficient (Wildman–Crippen LogP) is 22.3. The molecule has 0 saturated carbocycles. The number of carbonyl (C=O) groups is 2. The first kappa shape index (κ1) is 77.8. The molecule has 79 heavy (non-hydrogen) atoms. The number of esters is 2. The molecule has 2 unspecified atom stereocenters. The summed E-state index contributed by atoms with van der Waals surface area (Å²) in [6, 6.07) is 0. The molecule has 0 heterocycles. The Morgan fingerprint density at radius 3 is 0.937 bits per heavy atom. The maximum atomic E-state index is 12.8. The SMILES string of the molecule is CCCCCCCCCC/C=C\CCCCCCCCCCCCCCCCCCCCCCCCCCCCCCCC(=O)OC(COC(=O)CCCCCCCCCCCCCCCC)COP(=O)(O)OCC[N+](C)(C)C. The second-order valence-electron chi connectivity index (χ2n) is 25.3. The summed E-state index contributed by atoms with van der Waals surface area (Å²) in [5, 5.41) is 0. The number of ether oxygens (including phenoxy) is 2. The number of quaternary nitrogens is 1. The Balaban J connectivity index is 3.80. The van der Waals surface area contributed by atoms with Crippen LogP contribution >= 0.6 is 7.82 Å². The molecular formula is C69H137NO8P+. The van der Waals surface area contributed by atoms with Crippen molar-refractivity contribution in [3.8, 4) is 0 Å². The molecule has 1 N–H and O–H groups in total. The summed E-state index contributed by atoms with van der Waals surface area (Å²) in [7, 11) is 1.50. The number of rotatable bonds is 66. The van der Waals surface area contributed by atoms with Gasteiger partial charge in [0.1, 0.15) is 19.8 Å². The molecule has 0 aliphatic rings. The van der Waals surface area contributed by atoms with Crippen molar-refractivity contribution in [3.05, 3.63) is 12.2 Å². The van der Waals surface area contributed by atoms with Crippen LogP contribution in [0.4, 0.5) is 0 Å². The van der Waals surface area contributed by atoms with Crippen molar-refractivity contribution in [1.82, 2.24) is 0 Å². The molecule has 0 aromatic carbocycles. The summed E-state index contributed by atoms with van der Waals surface area (Å²) in [6.07, 6.45) is 74.9. The molecule has 10 heteroatoms. The molecule has 9 nitrogen and oxygen atoms in total. The monoisotopic (exact) mass is 1140 g/mol. The average Bonchev–Trinajstić information content (AvgIpc) is 3.41. The normalized spacial score (nSPS) is 13.1. The molecular weight excluding hydrogens is 1000 g/mol. The van der Waals surface area contributed by atoms with E-state index in [1.807, 2.05) is 21.1 Å². The highest BCUT2D eigenvalue weighted by Crippen LogP contribution is 2.43. The molecule has 470 valence electrons. The zero-order valence-corrected chi connectivity index (χ0v) is 54.5. The first-order valence-corrected chi connectivity index (χ1v) is 36.4. The van der Waals surface area contributed by atoms with Gasteiger partial charge in [0.25, 0.3) is 0 Å². The lowest BCUT2D eigenvalue weighted by Crippen LogP contribution is -2.37. The lowest BCUT2D eigenvalue weighted by molar-refractivity contribution is -0.870. The molecule has 0 spiro atoms. The predicted molar refractivity (Wildman–Crippen MR) is 340 cm³/mol. The Kier molecular flexibility index (Phi) is 60.3. The molecule has 0 aromatic rings. The fourth-order valence-electron chi connectivity index (χ4n) is 10.7. The number of nitrogens with zero attached hydrogens (tertiary/aromatic N) is 1. The van der Waals surface area contributed by atoms with E-state index < -0.39 is 26.5 Å². The number of hydrogen-bond acceptors (Lipinski definition) is 7. The van der Waals surface area contributed by atoms with Gasteiger partial charge in [0.15, 0.2) is 6.10 Å². The number of unbranched alkanes of at least 4 members (excludes halogenated alkanes) is 50. The number of phosphoric ester groups is 1. The standard InChI is InChI=1S/C69H136NO8P/c1-6-8-10-12-14-16-18-20-22-23-24-25-26-27-28-29-30-31-32-33-34-35-36-37-38-39-40-41-42-43-44-45-46-47-48-50-52-54-56-58-60-62-69(72)78-67(66-77-79(73,74)76-64-63-70(3,4)5)65-75-68(71)61-59-57-55-53-51-49-21-19-17-15-13-11-9-7-2/h23-24,67H,6-22,25-66H2,1-5H3/p+1/b24-23-. The van der Waals surface area contributed by atoms with Gasteiger partial charge in [-0.25, -0.2) is 4.57 Å². The van der Waals surface area contributed by atoms with E-state index in [1.165, 1.54) is 302 Å². The first-order valence-electron chi connectivity index (χ1n) is 34.9. The van der Waals surface area contributed by atoms with E-state index in [-0.39, 0.29) is 25.6 Å². The molecule has 0 radical (unpaired) electrons. The van der Waals surface area contributed by atoms with E-state index in [0.29, 0.717) is 17.4 Å². The summed E-state index contributed by atoms with van der Waals surface area (Å²) < 4.78 is 34.6. The van der Waals surface area contributed by atoms with E-state index in [2.05, 4.69) is 26.0 Å². The number of allylic oxidation sites excluding steroid dienone is 2. The molecule has 2 atom stereocenters. The van der Waals surface area contributed by atoms with E-state index in [4.69, 9.17) is 18.5 Å². The summed E-state index contributed by atoms with van der Waals surface area (Å²) in [6.45, 7) is 4.50. The Morgan fingerprint density at radius 1 is 0.380 bits per heavy atom. The van der Waals surface area contributed by atoms with Crippen molar-refractivity contribution in [1.29, 1.82) is 0 Å². The van der Waals surface area contributed by atoms with Crippen molar-refractivity contribution in [3.63, 3.8) is 0 Å². The van der Waals surface area contributed by atoms with Crippen LogP contribution in [0.25, 0.3) is 0 Å². The van der Waals surface area contributed by atoms with Crippen LogP contribution in [0.2, 0.25) is 0 Å². The second kappa shape index (κ2) is 61.3. The lowest BCUT2D eigenvalue weighted by Gasteiger charge is -2.24. The minimum Gasteiger partial charge on any atom is -0.462 e. The highest BCUT2D eigenvalue weighted by Gasteiger charge is 2.27. The van der Waals surface area contributed by atoms with Crippen LogP contribution in [0, 0.1) is 0 Å². The van der Waals surface area contributed by atoms with Crippen molar-refractivity contribution in [2.45, 2.75) is 373 Å². The van der Waals surface area contributed by atoms with Crippen molar-refractivity contribution in [2.24, 2.45) is 0 Å². The van der Waals surface area contributed by atoms with Gasteiger partial charge in [-0.15, -0.1) is 0 Å². The maximum absolute atomic E-state index is 12.8. The average molecular weight is 1140 g/mol. The number of phosphoric acid groups is 1. The minimum absolute atomic E-state index is 0.0368. The van der Waals surface area contributed by atoms with Gasteiger partial charge < -0.3 is 18.9 Å². The lowest BCUT2D eigenvalue weighted by atomic mass is 10.0. The largest absolute Gasteiger partial charge is 0.472 e. The van der Waals surface area contributed by atoms with Gasteiger partial charge in [-0.05, 0) is 38.5 Å². The fourth-order valence-corrected chi connectivity index (χ4v) is 11.4. The van der Waals surface area contributed by atoms with Gasteiger partial charge in [0.05, 0.1) is 27.7 Å². The van der Waals surface area contributed by atoms with Crippen LogP contribution in [0.5, 0.6) is 0 Å². The highest BCUT2D eigenvalue weighted by atomic mass is 31.2. The molecule has 0 saturated heterocycles. The van der Waals surface area contributed by atoms with E-state index in [1.54, 1.807) is 0 Å². The smallest absolute Gasteiger partial charge is 0.462 e. The summed E-state index contributed by atoms with van der Waals surface area (Å²) in [4.78, 5) is 35.7. The van der Waals surface area contributed by atoms with Crippen LogP contribution in [-0.4, -0.2) is 74.9 Å². The van der Waals surface area contributed by atoms with Crippen LogP contribution in [-0.2, 0) is 32.7 Å². The van der Waals surface area contributed by atoms with Gasteiger partial charge in [0, 0.05) is 12.8 Å². The van der Waals surface area contributed by atoms with E-state index >= 15 is 0 Å². The molecule has 0 bridgehead atoms. The van der Waals surface area contributed by atoms with Crippen LogP contribution in [0.15, 0.2) is 12.2 Å². The molecule has 0 fully saturated rings. The number of carbonyl (C=O) groups excluding carboxylic acids is 2. The first-order chi connectivity index (χ1) is 38.5. The van der Waals surface area contributed by atoms with E-state index in [0.717, 1.165) is 38.5 Å². The fraction of sp³-hybridized carbons (Fsp3) is 0.942. The third kappa shape index (κ3) is 65.8. The Morgan fingerprint density at radius 2 is 0.646 bits per heavy atom. The van der Waals surface area contributed by atoms with E-state index in [9.17, 15) is 19.0 Å². The van der Waals surface area contributed by atoms with Crippen molar-refractivity contribution in [2.75, 3.05) is 47.5 Å². The highest BCUT2D eigenvalue weighted by molar-refractivity contribution is 7.47. The summed E-state index contributed by atoms with van der Waals surface area (Å²) >= 11 is 0. The maximum Gasteiger partial charge on any atom is 0.472 e. The van der Waals surface area contributed by atoms with Crippen LogP contribution in [0.3, 0.4) is 0 Å². The number of hydrogen-bond donors (Lipinski definition) is 1. The minimum atomic E-state index is -4.38. The Bertz CT molecular complexity index is 1340. The topological polar surface area (TPSA) is 108 Å². The van der Waals surface area contributed by atoms with Crippen molar-refractivity contribution >= 4 is 19.8 Å².